The summed E-state index contributed by atoms with van der Waals surface area (Å²) in [6.07, 6.45) is 0. The largest absolute Gasteiger partial charge is 0.361 e. The van der Waals surface area contributed by atoms with Crippen molar-refractivity contribution in [3.8, 4) is 0 Å². The highest BCUT2D eigenvalue weighted by Crippen LogP contribution is 1.71. The molecule has 0 fully saturated rings. The average molecular weight is 171 g/mol. The summed E-state index contributed by atoms with van der Waals surface area (Å²) in [6.45, 7) is 2.23. The van der Waals surface area contributed by atoms with E-state index in [1.165, 1.54) is 0 Å². The first-order valence-corrected chi connectivity index (χ1v) is 3.49. The van der Waals surface area contributed by atoms with E-state index in [1.54, 1.807) is 6.92 Å². The maximum Gasteiger partial charge on any atom is 0.361 e. The van der Waals surface area contributed by atoms with Crippen molar-refractivity contribution in [1.29, 1.82) is 0 Å². The van der Waals surface area contributed by atoms with Crippen molar-refractivity contribution < 1.29 is 4.79 Å². The van der Waals surface area contributed by atoms with Gasteiger partial charge in [-0.05, 0) is 17.4 Å². The topological polar surface area (TPSA) is 92.7 Å². The van der Waals surface area contributed by atoms with Crippen molar-refractivity contribution in [3.63, 3.8) is 0 Å². The summed E-state index contributed by atoms with van der Waals surface area (Å²) in [4.78, 5) is 21.7. The second-order valence-corrected chi connectivity index (χ2v) is 2.12. The Labute approximate surface area is 67.7 Å². The van der Waals surface area contributed by atoms with E-state index in [9.17, 15) is 9.59 Å². The molecule has 7 heteroatoms. The predicted octanol–water partition coefficient (Wildman–Crippen LogP) is -1.90. The number of likely N-dealkylation sites (N-methyl/N-ethyl adjacent to an activating group) is 1. The van der Waals surface area contributed by atoms with Crippen LogP contribution in [0.2, 0.25) is 0 Å². The standard InChI is InChI=1S/C5H9N5O2/c1-2-6-4(11)3-10-5(12)7-8-9-10/h2-3H2,1H3,(H,6,11)(H,7,9,12). The zero-order valence-corrected chi connectivity index (χ0v) is 6.57. The molecule has 0 aliphatic carbocycles. The van der Waals surface area contributed by atoms with Gasteiger partial charge in [0.15, 0.2) is 0 Å². The maximum atomic E-state index is 10.9. The zero-order chi connectivity index (χ0) is 8.97. The van der Waals surface area contributed by atoms with Crippen LogP contribution in [0.3, 0.4) is 0 Å². The minimum atomic E-state index is -0.485. The Bertz CT molecular complexity index is 314. The third kappa shape index (κ3) is 1.91. The molecule has 0 saturated carbocycles. The molecule has 1 aromatic rings. The first kappa shape index (κ1) is 8.44. The number of rotatable bonds is 3. The van der Waals surface area contributed by atoms with E-state index >= 15 is 0 Å². The molecular formula is C5H9N5O2. The molecule has 7 nitrogen and oxygen atoms in total. The van der Waals surface area contributed by atoms with Crippen LogP contribution in [0.25, 0.3) is 0 Å². The number of nitrogens with one attached hydrogen (secondary N) is 2. The molecule has 1 aromatic heterocycles. The first-order chi connectivity index (χ1) is 5.74. The van der Waals surface area contributed by atoms with E-state index in [0.717, 1.165) is 4.68 Å². The van der Waals surface area contributed by atoms with Crippen molar-refractivity contribution in [2.75, 3.05) is 6.54 Å². The van der Waals surface area contributed by atoms with Gasteiger partial charge in [0.2, 0.25) is 5.91 Å². The van der Waals surface area contributed by atoms with Gasteiger partial charge in [0, 0.05) is 6.54 Å². The first-order valence-electron chi connectivity index (χ1n) is 3.49. The minimum absolute atomic E-state index is 0.0941. The van der Waals surface area contributed by atoms with Crippen molar-refractivity contribution in [2.24, 2.45) is 0 Å². The Morgan fingerprint density at radius 3 is 3.00 bits per heavy atom. The number of carbonyl (C=O) groups is 1. The number of amides is 1. The number of carbonyl (C=O) groups excluding carboxylic acids is 1. The van der Waals surface area contributed by atoms with E-state index in [2.05, 4.69) is 20.8 Å². The van der Waals surface area contributed by atoms with Gasteiger partial charge < -0.3 is 5.32 Å². The van der Waals surface area contributed by atoms with Crippen LogP contribution < -0.4 is 11.0 Å². The highest BCUT2D eigenvalue weighted by Gasteiger charge is 2.04. The van der Waals surface area contributed by atoms with Crippen LogP contribution in [-0.2, 0) is 11.3 Å². The fraction of sp³-hybridized carbons (Fsp3) is 0.600. The van der Waals surface area contributed by atoms with Gasteiger partial charge in [0.05, 0.1) is 0 Å². The van der Waals surface area contributed by atoms with Crippen molar-refractivity contribution >= 4 is 5.91 Å². The number of tetrazole rings is 1. The molecule has 0 unspecified atom stereocenters. The summed E-state index contributed by atoms with van der Waals surface area (Å²) in [7, 11) is 0. The summed E-state index contributed by atoms with van der Waals surface area (Å²) in [5.41, 5.74) is -0.485. The number of hydrogen-bond acceptors (Lipinski definition) is 4. The third-order valence-corrected chi connectivity index (χ3v) is 1.20. The van der Waals surface area contributed by atoms with Gasteiger partial charge in [-0.2, -0.15) is 4.68 Å². The minimum Gasteiger partial charge on any atom is -0.355 e. The number of H-pyrrole nitrogens is 1. The van der Waals surface area contributed by atoms with Gasteiger partial charge in [-0.25, -0.2) is 9.89 Å². The summed E-state index contributed by atoms with van der Waals surface area (Å²) < 4.78 is 0.949. The van der Waals surface area contributed by atoms with Gasteiger partial charge in [-0.1, -0.05) is 0 Å². The molecule has 1 amide bonds. The number of nitrogens with zero attached hydrogens (tertiary/aromatic N) is 3. The average Bonchev–Trinajstić information content (AvgIpc) is 2.37. The lowest BCUT2D eigenvalue weighted by atomic mass is 10.5. The second kappa shape index (κ2) is 3.65. The molecule has 0 aliphatic rings. The molecule has 0 aromatic carbocycles. The van der Waals surface area contributed by atoms with E-state index in [4.69, 9.17) is 0 Å². The van der Waals surface area contributed by atoms with Gasteiger partial charge in [-0.15, -0.1) is 0 Å². The fourth-order valence-corrected chi connectivity index (χ4v) is 0.710. The van der Waals surface area contributed by atoms with Crippen molar-refractivity contribution in [2.45, 2.75) is 13.5 Å². The molecule has 1 rings (SSSR count). The Hall–Kier alpha value is -1.66. The molecule has 0 spiro atoms. The second-order valence-electron chi connectivity index (χ2n) is 2.12. The van der Waals surface area contributed by atoms with E-state index in [0.29, 0.717) is 6.54 Å². The van der Waals surface area contributed by atoms with Crippen LogP contribution in [-0.4, -0.2) is 32.7 Å². The van der Waals surface area contributed by atoms with Crippen molar-refractivity contribution in [3.05, 3.63) is 10.5 Å². The van der Waals surface area contributed by atoms with E-state index in [-0.39, 0.29) is 12.5 Å². The van der Waals surface area contributed by atoms with Gasteiger partial charge in [0.25, 0.3) is 0 Å². The summed E-state index contributed by atoms with van der Waals surface area (Å²) in [5, 5.41) is 11.2. The van der Waals surface area contributed by atoms with Gasteiger partial charge in [-0.3, -0.25) is 4.79 Å². The number of aromatic amines is 1. The lowest BCUT2D eigenvalue weighted by Gasteiger charge is -1.98. The van der Waals surface area contributed by atoms with Crippen LogP contribution in [0.4, 0.5) is 0 Å². The van der Waals surface area contributed by atoms with E-state index in [1.807, 2.05) is 0 Å². The SMILES string of the molecule is CCNC(=O)Cn1nn[nH]c1=O. The van der Waals surface area contributed by atoms with Crippen molar-refractivity contribution in [1.82, 2.24) is 25.5 Å². The summed E-state index contributed by atoms with van der Waals surface area (Å²) >= 11 is 0. The molecular weight excluding hydrogens is 162 g/mol. The molecule has 12 heavy (non-hydrogen) atoms. The molecule has 0 radical (unpaired) electrons. The quantitative estimate of drug-likeness (QED) is 0.555. The van der Waals surface area contributed by atoms with Crippen LogP contribution in [0.1, 0.15) is 6.92 Å². The number of hydrogen-bond donors (Lipinski definition) is 2. The van der Waals surface area contributed by atoms with Gasteiger partial charge in [0.1, 0.15) is 6.54 Å². The zero-order valence-electron chi connectivity index (χ0n) is 6.57. The smallest absolute Gasteiger partial charge is 0.355 e. The lowest BCUT2D eigenvalue weighted by Crippen LogP contribution is -2.31. The third-order valence-electron chi connectivity index (χ3n) is 1.20. The normalized spacial score (nSPS) is 9.75. The lowest BCUT2D eigenvalue weighted by molar-refractivity contribution is -0.121. The Morgan fingerprint density at radius 1 is 1.75 bits per heavy atom. The fourth-order valence-electron chi connectivity index (χ4n) is 0.710. The highest BCUT2D eigenvalue weighted by molar-refractivity contribution is 5.75. The Morgan fingerprint density at radius 2 is 2.50 bits per heavy atom. The van der Waals surface area contributed by atoms with E-state index < -0.39 is 5.69 Å². The monoisotopic (exact) mass is 171 g/mol. The summed E-state index contributed by atoms with van der Waals surface area (Å²) in [5.74, 6) is -0.256. The Balaban J connectivity index is 2.58. The van der Waals surface area contributed by atoms with Crippen LogP contribution in [0.15, 0.2) is 4.79 Å². The van der Waals surface area contributed by atoms with Crippen LogP contribution in [0.5, 0.6) is 0 Å². The molecule has 66 valence electrons. The molecule has 0 bridgehead atoms. The predicted molar refractivity (Wildman–Crippen MR) is 39.3 cm³/mol. The van der Waals surface area contributed by atoms with Gasteiger partial charge >= 0.3 is 5.69 Å². The molecule has 2 N–H and O–H groups in total. The van der Waals surface area contributed by atoms with Crippen LogP contribution >= 0.6 is 0 Å². The highest BCUT2D eigenvalue weighted by atomic mass is 16.2. The maximum absolute atomic E-state index is 10.9. The molecule has 0 saturated heterocycles. The van der Waals surface area contributed by atoms with Crippen LogP contribution in [0, 0.1) is 0 Å². The molecule has 1 heterocycles. The summed E-state index contributed by atoms with van der Waals surface area (Å²) in [6, 6.07) is 0. The Kier molecular flexibility index (Phi) is 2.57. The number of aromatic nitrogens is 4. The molecule has 0 aliphatic heterocycles. The molecule has 0 atom stereocenters.